The Morgan fingerprint density at radius 2 is 2.20 bits per heavy atom. The van der Waals surface area contributed by atoms with Crippen LogP contribution < -0.4 is 0 Å². The maximum absolute atomic E-state index is 10.5. The van der Waals surface area contributed by atoms with Crippen molar-refractivity contribution < 1.29 is 9.90 Å². The Labute approximate surface area is 59.6 Å². The molecule has 2 aliphatic heterocycles. The fourth-order valence-electron chi connectivity index (χ4n) is 1.95. The highest BCUT2D eigenvalue weighted by Crippen LogP contribution is 2.39. The van der Waals surface area contributed by atoms with E-state index in [1.165, 1.54) is 0 Å². The van der Waals surface area contributed by atoms with Crippen molar-refractivity contribution in [3.8, 4) is 0 Å². The summed E-state index contributed by atoms with van der Waals surface area (Å²) in [5.74, 6) is 0.848. The molecule has 1 aliphatic carbocycles. The van der Waals surface area contributed by atoms with E-state index in [-0.39, 0.29) is 0 Å². The normalized spacial score (nSPS) is 37.0. The lowest BCUT2D eigenvalue weighted by atomic mass is 9.74. The molecule has 3 fully saturated rings. The number of hydrogen-bond acceptors (Lipinski definition) is 1. The molecule has 56 valence electrons. The smallest absolute Gasteiger partial charge is 0.407 e. The van der Waals surface area contributed by atoms with Gasteiger partial charge >= 0.3 is 6.09 Å². The Morgan fingerprint density at radius 1 is 1.50 bits per heavy atom. The highest BCUT2D eigenvalue weighted by molar-refractivity contribution is 5.65. The number of carbonyl (C=O) groups is 1. The molecule has 0 unspecified atom stereocenters. The van der Waals surface area contributed by atoms with Gasteiger partial charge in [0, 0.05) is 12.6 Å². The van der Waals surface area contributed by atoms with Crippen LogP contribution in [0.2, 0.25) is 0 Å². The van der Waals surface area contributed by atoms with Crippen LogP contribution in [0.5, 0.6) is 0 Å². The van der Waals surface area contributed by atoms with Crippen molar-refractivity contribution >= 4 is 6.09 Å². The van der Waals surface area contributed by atoms with Crippen LogP contribution in [0.3, 0.4) is 0 Å². The van der Waals surface area contributed by atoms with Crippen LogP contribution in [0.4, 0.5) is 4.79 Å². The van der Waals surface area contributed by atoms with E-state index in [1.807, 2.05) is 0 Å². The van der Waals surface area contributed by atoms with Gasteiger partial charge in [-0.2, -0.15) is 0 Å². The van der Waals surface area contributed by atoms with Crippen molar-refractivity contribution in [1.82, 2.24) is 4.90 Å². The molecule has 3 aliphatic rings. The van der Waals surface area contributed by atoms with Crippen LogP contribution in [0.15, 0.2) is 0 Å². The fourth-order valence-corrected chi connectivity index (χ4v) is 1.95. The Bertz CT molecular complexity index is 160. The van der Waals surface area contributed by atoms with E-state index in [4.69, 9.17) is 5.11 Å². The summed E-state index contributed by atoms with van der Waals surface area (Å²) >= 11 is 0. The first-order valence-corrected chi connectivity index (χ1v) is 3.77. The number of hydrogen-bond donors (Lipinski definition) is 1. The van der Waals surface area contributed by atoms with Gasteiger partial charge in [-0.3, -0.25) is 0 Å². The molecular formula is C7H11NO2. The molecule has 1 N–H and O–H groups in total. The van der Waals surface area contributed by atoms with Gasteiger partial charge in [-0.25, -0.2) is 4.79 Å². The van der Waals surface area contributed by atoms with Gasteiger partial charge in [0.1, 0.15) is 0 Å². The van der Waals surface area contributed by atoms with Crippen molar-refractivity contribution in [2.24, 2.45) is 5.92 Å². The number of nitrogens with zero attached hydrogens (tertiary/aromatic N) is 1. The Kier molecular flexibility index (Phi) is 1.13. The van der Waals surface area contributed by atoms with Gasteiger partial charge in [0.05, 0.1) is 0 Å². The largest absolute Gasteiger partial charge is 0.465 e. The molecule has 10 heavy (non-hydrogen) atoms. The molecule has 0 aromatic carbocycles. The summed E-state index contributed by atoms with van der Waals surface area (Å²) in [6.45, 7) is 0.769. The first-order valence-electron chi connectivity index (χ1n) is 3.77. The summed E-state index contributed by atoms with van der Waals surface area (Å²) in [5, 5.41) is 8.66. The third kappa shape index (κ3) is 0.696. The molecule has 2 saturated heterocycles. The lowest BCUT2D eigenvalue weighted by Crippen LogP contribution is -2.53. The van der Waals surface area contributed by atoms with E-state index in [9.17, 15) is 4.79 Å². The van der Waals surface area contributed by atoms with E-state index < -0.39 is 6.09 Å². The van der Waals surface area contributed by atoms with Crippen LogP contribution in [0.1, 0.15) is 19.3 Å². The summed E-state index contributed by atoms with van der Waals surface area (Å²) in [4.78, 5) is 12.1. The fraction of sp³-hybridized carbons (Fsp3) is 0.857. The third-order valence-corrected chi connectivity index (χ3v) is 2.68. The summed E-state index contributed by atoms with van der Waals surface area (Å²) in [5.41, 5.74) is 0. The van der Waals surface area contributed by atoms with Gasteiger partial charge in [0.2, 0.25) is 0 Å². The topological polar surface area (TPSA) is 40.5 Å². The van der Waals surface area contributed by atoms with Crippen molar-refractivity contribution in [3.05, 3.63) is 0 Å². The zero-order chi connectivity index (χ0) is 7.14. The number of piperidine rings is 2. The molecule has 3 heteroatoms. The molecule has 2 bridgehead atoms. The molecule has 1 saturated carbocycles. The maximum atomic E-state index is 10.5. The zero-order valence-electron chi connectivity index (χ0n) is 5.79. The molecule has 3 rings (SSSR count). The van der Waals surface area contributed by atoms with Gasteiger partial charge in [-0.15, -0.1) is 0 Å². The van der Waals surface area contributed by atoms with Gasteiger partial charge < -0.3 is 10.0 Å². The van der Waals surface area contributed by atoms with Crippen LogP contribution >= 0.6 is 0 Å². The summed E-state index contributed by atoms with van der Waals surface area (Å²) in [6, 6.07) is 0.372. The predicted octanol–water partition coefficient (Wildman–Crippen LogP) is 1.15. The number of rotatable bonds is 0. The van der Waals surface area contributed by atoms with Gasteiger partial charge in [-0.05, 0) is 25.2 Å². The van der Waals surface area contributed by atoms with E-state index in [2.05, 4.69) is 0 Å². The Balaban J connectivity index is 2.02. The van der Waals surface area contributed by atoms with Crippen LogP contribution in [0, 0.1) is 5.92 Å². The minimum atomic E-state index is -0.733. The van der Waals surface area contributed by atoms with E-state index in [0.29, 0.717) is 6.04 Å². The average molecular weight is 141 g/mol. The first-order chi connectivity index (χ1) is 4.77. The molecule has 0 radical (unpaired) electrons. The van der Waals surface area contributed by atoms with Crippen molar-refractivity contribution in [1.29, 1.82) is 0 Å². The second-order valence-corrected chi connectivity index (χ2v) is 3.26. The minimum absolute atomic E-state index is 0.372. The summed E-state index contributed by atoms with van der Waals surface area (Å²) in [6.07, 6.45) is 2.59. The maximum Gasteiger partial charge on any atom is 0.407 e. The van der Waals surface area contributed by atoms with Gasteiger partial charge in [-0.1, -0.05) is 0 Å². The first kappa shape index (κ1) is 6.01. The van der Waals surface area contributed by atoms with E-state index >= 15 is 0 Å². The predicted molar refractivity (Wildman–Crippen MR) is 35.9 cm³/mol. The van der Waals surface area contributed by atoms with Crippen molar-refractivity contribution in [3.63, 3.8) is 0 Å². The third-order valence-electron chi connectivity index (χ3n) is 2.68. The number of carboxylic acid groups (broad SMARTS) is 1. The second-order valence-electron chi connectivity index (χ2n) is 3.26. The molecule has 3 nitrogen and oxygen atoms in total. The standard InChI is InChI=1S/C7H11NO2/c9-7(10)8-2-1-5-3-6(8)4-5/h5-6H,1-4H2,(H,9,10). The van der Waals surface area contributed by atoms with Crippen LogP contribution in [0.25, 0.3) is 0 Å². The highest BCUT2D eigenvalue weighted by atomic mass is 16.4. The van der Waals surface area contributed by atoms with Crippen molar-refractivity contribution in [2.45, 2.75) is 25.3 Å². The molecule has 1 amide bonds. The van der Waals surface area contributed by atoms with Crippen molar-refractivity contribution in [2.75, 3.05) is 6.54 Å². The van der Waals surface area contributed by atoms with Gasteiger partial charge in [0.25, 0.3) is 0 Å². The second kappa shape index (κ2) is 1.87. The van der Waals surface area contributed by atoms with Gasteiger partial charge in [0.15, 0.2) is 0 Å². The summed E-state index contributed by atoms with van der Waals surface area (Å²) in [7, 11) is 0. The molecule has 2 heterocycles. The van der Waals surface area contributed by atoms with E-state index in [1.54, 1.807) is 4.90 Å². The molecule has 0 aromatic heterocycles. The Morgan fingerprint density at radius 3 is 2.50 bits per heavy atom. The monoisotopic (exact) mass is 141 g/mol. The number of fused-ring (bicyclic) bond motifs is 2. The number of amides is 1. The Hall–Kier alpha value is -0.730. The van der Waals surface area contributed by atoms with Crippen LogP contribution in [-0.4, -0.2) is 28.7 Å². The summed E-state index contributed by atoms with van der Waals surface area (Å²) < 4.78 is 0. The highest BCUT2D eigenvalue weighted by Gasteiger charge is 2.40. The lowest BCUT2D eigenvalue weighted by molar-refractivity contribution is 0.0217. The molecule has 0 aromatic rings. The lowest BCUT2D eigenvalue weighted by Gasteiger charge is -2.47. The molecular weight excluding hydrogens is 130 g/mol. The zero-order valence-corrected chi connectivity index (χ0v) is 5.79. The quantitative estimate of drug-likeness (QED) is 0.549. The minimum Gasteiger partial charge on any atom is -0.465 e. The van der Waals surface area contributed by atoms with E-state index in [0.717, 1.165) is 31.7 Å². The average Bonchev–Trinajstić information content (AvgIpc) is 1.86. The molecule has 0 atom stereocenters. The molecule has 0 spiro atoms. The van der Waals surface area contributed by atoms with Crippen LogP contribution in [-0.2, 0) is 0 Å². The SMILES string of the molecule is O=C(O)N1CCC2CC1C2.